The molecule has 2 heterocycles. The molecule has 0 aliphatic rings. The number of benzene rings is 1. The first-order valence-corrected chi connectivity index (χ1v) is 7.21. The summed E-state index contributed by atoms with van der Waals surface area (Å²) < 4.78 is 13.9. The van der Waals surface area contributed by atoms with Gasteiger partial charge in [-0.15, -0.1) is 11.3 Å². The Bertz CT molecular complexity index is 821. The van der Waals surface area contributed by atoms with Crippen LogP contribution < -0.4 is 0 Å². The first-order chi connectivity index (χ1) is 9.56. The highest BCUT2D eigenvalue weighted by Crippen LogP contribution is 2.30. The maximum atomic E-state index is 13.5. The van der Waals surface area contributed by atoms with Gasteiger partial charge in [-0.05, 0) is 34.1 Å². The Morgan fingerprint density at radius 2 is 2.10 bits per heavy atom. The SMILES string of the molecule is O=C(O)c1cc(-c2cscn2)nc2c(Br)cc(F)cc12. The fourth-order valence-electron chi connectivity index (χ4n) is 1.90. The zero-order valence-electron chi connectivity index (χ0n) is 9.80. The molecule has 4 nitrogen and oxygen atoms in total. The van der Waals surface area contributed by atoms with Gasteiger partial charge in [0.1, 0.15) is 5.82 Å². The molecule has 1 N–H and O–H groups in total. The highest BCUT2D eigenvalue weighted by molar-refractivity contribution is 9.10. The Balaban J connectivity index is 2.40. The Morgan fingerprint density at radius 3 is 2.75 bits per heavy atom. The van der Waals surface area contributed by atoms with E-state index in [1.165, 1.54) is 29.5 Å². The summed E-state index contributed by atoms with van der Waals surface area (Å²) in [6.45, 7) is 0. The highest BCUT2D eigenvalue weighted by Gasteiger charge is 2.16. The van der Waals surface area contributed by atoms with Crippen LogP contribution in [-0.2, 0) is 0 Å². The van der Waals surface area contributed by atoms with Crippen LogP contribution >= 0.6 is 27.3 Å². The average molecular weight is 353 g/mol. The monoisotopic (exact) mass is 352 g/mol. The number of halogens is 2. The van der Waals surface area contributed by atoms with Gasteiger partial charge in [0.25, 0.3) is 0 Å². The quantitative estimate of drug-likeness (QED) is 0.758. The topological polar surface area (TPSA) is 63.1 Å². The summed E-state index contributed by atoms with van der Waals surface area (Å²) in [7, 11) is 0. The van der Waals surface area contributed by atoms with Crippen molar-refractivity contribution < 1.29 is 14.3 Å². The molecule has 7 heteroatoms. The van der Waals surface area contributed by atoms with Crippen molar-refractivity contribution in [2.75, 3.05) is 0 Å². The molecule has 100 valence electrons. The van der Waals surface area contributed by atoms with Gasteiger partial charge in [0.2, 0.25) is 0 Å². The summed E-state index contributed by atoms with van der Waals surface area (Å²) in [6, 6.07) is 3.83. The van der Waals surface area contributed by atoms with Crippen molar-refractivity contribution in [1.29, 1.82) is 0 Å². The first kappa shape index (κ1) is 13.1. The Hall–Kier alpha value is -1.86. The van der Waals surface area contributed by atoms with Gasteiger partial charge in [0.05, 0.1) is 28.0 Å². The van der Waals surface area contributed by atoms with Crippen molar-refractivity contribution in [2.24, 2.45) is 0 Å². The van der Waals surface area contributed by atoms with Crippen LogP contribution in [-0.4, -0.2) is 21.0 Å². The maximum Gasteiger partial charge on any atom is 0.336 e. The second kappa shape index (κ2) is 4.92. The molecular weight excluding hydrogens is 347 g/mol. The molecule has 20 heavy (non-hydrogen) atoms. The number of nitrogens with zero attached hydrogens (tertiary/aromatic N) is 2. The Morgan fingerprint density at radius 1 is 1.30 bits per heavy atom. The maximum absolute atomic E-state index is 13.5. The summed E-state index contributed by atoms with van der Waals surface area (Å²) in [6.07, 6.45) is 0. The summed E-state index contributed by atoms with van der Waals surface area (Å²) in [5.41, 5.74) is 3.08. The molecule has 3 aromatic rings. The molecule has 0 saturated heterocycles. The van der Waals surface area contributed by atoms with E-state index < -0.39 is 11.8 Å². The van der Waals surface area contributed by atoms with Crippen molar-refractivity contribution in [3.63, 3.8) is 0 Å². The Labute approximate surface area is 125 Å². The van der Waals surface area contributed by atoms with Gasteiger partial charge in [0.15, 0.2) is 0 Å². The standard InChI is InChI=1S/C13H6BrFN2O2S/c14-9-2-6(15)1-7-8(13(18)19)3-10(17-12(7)9)11-4-20-5-16-11/h1-5H,(H,18,19). The molecule has 0 unspecified atom stereocenters. The number of thiazole rings is 1. The number of aromatic nitrogens is 2. The van der Waals surface area contributed by atoms with Crippen LogP contribution in [0.4, 0.5) is 4.39 Å². The van der Waals surface area contributed by atoms with Crippen LogP contribution in [0.1, 0.15) is 10.4 Å². The smallest absolute Gasteiger partial charge is 0.336 e. The summed E-state index contributed by atoms with van der Waals surface area (Å²) in [5, 5.41) is 11.3. The predicted octanol–water partition coefficient (Wildman–Crippen LogP) is 3.96. The molecule has 0 aliphatic carbocycles. The Kier molecular flexibility index (Phi) is 3.23. The zero-order valence-corrected chi connectivity index (χ0v) is 12.2. The largest absolute Gasteiger partial charge is 0.478 e. The minimum Gasteiger partial charge on any atom is -0.478 e. The summed E-state index contributed by atoms with van der Waals surface area (Å²) >= 11 is 4.61. The van der Waals surface area contributed by atoms with E-state index in [0.717, 1.165) is 0 Å². The van der Waals surface area contributed by atoms with Crippen LogP contribution in [0.2, 0.25) is 0 Å². The minimum absolute atomic E-state index is 0.00167. The van der Waals surface area contributed by atoms with Gasteiger partial charge in [-0.3, -0.25) is 0 Å². The summed E-state index contributed by atoms with van der Waals surface area (Å²) in [4.78, 5) is 19.9. The van der Waals surface area contributed by atoms with Crippen LogP contribution in [0.15, 0.2) is 33.6 Å². The van der Waals surface area contributed by atoms with Crippen LogP contribution in [0.3, 0.4) is 0 Å². The number of hydrogen-bond acceptors (Lipinski definition) is 4. The molecule has 3 rings (SSSR count). The average Bonchev–Trinajstić information content (AvgIpc) is 2.91. The molecule has 0 aliphatic heterocycles. The van der Waals surface area contributed by atoms with E-state index in [9.17, 15) is 14.3 Å². The normalized spacial score (nSPS) is 10.9. The summed E-state index contributed by atoms with van der Waals surface area (Å²) in [5.74, 6) is -1.65. The second-order valence-electron chi connectivity index (χ2n) is 4.02. The molecule has 0 amide bonds. The van der Waals surface area contributed by atoms with Gasteiger partial charge in [-0.25, -0.2) is 19.2 Å². The molecule has 0 fully saturated rings. The number of hydrogen-bond donors (Lipinski definition) is 1. The van der Waals surface area contributed by atoms with Crippen molar-refractivity contribution in [1.82, 2.24) is 9.97 Å². The lowest BCUT2D eigenvalue weighted by molar-refractivity contribution is 0.0699. The predicted molar refractivity (Wildman–Crippen MR) is 77.5 cm³/mol. The van der Waals surface area contributed by atoms with E-state index in [4.69, 9.17) is 0 Å². The number of carboxylic acids is 1. The van der Waals surface area contributed by atoms with Crippen molar-refractivity contribution in [3.05, 3.63) is 44.9 Å². The van der Waals surface area contributed by atoms with Crippen molar-refractivity contribution in [3.8, 4) is 11.4 Å². The molecule has 2 aromatic heterocycles. The first-order valence-electron chi connectivity index (χ1n) is 5.48. The third-order valence-corrected chi connectivity index (χ3v) is 3.95. The number of aromatic carboxylic acids is 1. The van der Waals surface area contributed by atoms with Gasteiger partial charge >= 0.3 is 5.97 Å². The molecule has 0 atom stereocenters. The van der Waals surface area contributed by atoms with E-state index in [-0.39, 0.29) is 10.9 Å². The number of rotatable bonds is 2. The lowest BCUT2D eigenvalue weighted by Gasteiger charge is -2.07. The van der Waals surface area contributed by atoms with Crippen LogP contribution in [0.25, 0.3) is 22.3 Å². The van der Waals surface area contributed by atoms with Crippen LogP contribution in [0, 0.1) is 5.82 Å². The minimum atomic E-state index is -1.13. The fraction of sp³-hybridized carbons (Fsp3) is 0. The lowest BCUT2D eigenvalue weighted by atomic mass is 10.1. The van der Waals surface area contributed by atoms with E-state index in [0.29, 0.717) is 21.4 Å². The lowest BCUT2D eigenvalue weighted by Crippen LogP contribution is -2.01. The van der Waals surface area contributed by atoms with Crippen molar-refractivity contribution >= 4 is 44.1 Å². The number of carboxylic acid groups (broad SMARTS) is 1. The molecular formula is C13H6BrFN2O2S. The fourth-order valence-corrected chi connectivity index (χ4v) is 2.97. The van der Waals surface area contributed by atoms with Gasteiger partial charge in [0, 0.05) is 15.2 Å². The van der Waals surface area contributed by atoms with Crippen molar-refractivity contribution in [2.45, 2.75) is 0 Å². The van der Waals surface area contributed by atoms with E-state index in [1.54, 1.807) is 10.9 Å². The highest BCUT2D eigenvalue weighted by atomic mass is 79.9. The van der Waals surface area contributed by atoms with E-state index in [2.05, 4.69) is 25.9 Å². The van der Waals surface area contributed by atoms with Crippen LogP contribution in [0.5, 0.6) is 0 Å². The molecule has 0 radical (unpaired) electrons. The molecule has 1 aromatic carbocycles. The third-order valence-electron chi connectivity index (χ3n) is 2.76. The van der Waals surface area contributed by atoms with E-state index in [1.807, 2.05) is 0 Å². The molecule has 0 spiro atoms. The van der Waals surface area contributed by atoms with Gasteiger partial charge in [-0.2, -0.15) is 0 Å². The zero-order chi connectivity index (χ0) is 14.3. The van der Waals surface area contributed by atoms with E-state index >= 15 is 0 Å². The van der Waals surface area contributed by atoms with Gasteiger partial charge < -0.3 is 5.11 Å². The molecule has 0 saturated carbocycles. The molecule has 0 bridgehead atoms. The second-order valence-corrected chi connectivity index (χ2v) is 5.59. The van der Waals surface area contributed by atoms with Gasteiger partial charge in [-0.1, -0.05) is 0 Å². The number of pyridine rings is 1. The third kappa shape index (κ3) is 2.19. The number of carbonyl (C=O) groups is 1. The number of fused-ring (bicyclic) bond motifs is 1.